The van der Waals surface area contributed by atoms with Crippen molar-refractivity contribution in [3.05, 3.63) is 63.3 Å². The Morgan fingerprint density at radius 2 is 2.14 bits per heavy atom. The summed E-state index contributed by atoms with van der Waals surface area (Å²) in [4.78, 5) is 12.0. The zero-order valence-corrected chi connectivity index (χ0v) is 14.1. The molecular weight excluding hydrogens is 373 g/mol. The summed E-state index contributed by atoms with van der Waals surface area (Å²) in [5.41, 5.74) is 0.899. The van der Waals surface area contributed by atoms with Gasteiger partial charge in [-0.05, 0) is 58.7 Å². The van der Waals surface area contributed by atoms with Crippen molar-refractivity contribution in [2.24, 2.45) is 0 Å². The van der Waals surface area contributed by atoms with Crippen molar-refractivity contribution >= 4 is 33.4 Å². The summed E-state index contributed by atoms with van der Waals surface area (Å²) in [6.07, 6.45) is -0.707. The summed E-state index contributed by atoms with van der Waals surface area (Å²) in [6.45, 7) is 1.99. The van der Waals surface area contributed by atoms with Crippen molar-refractivity contribution in [3.8, 4) is 5.75 Å². The van der Waals surface area contributed by atoms with Gasteiger partial charge in [0.2, 0.25) is 0 Å². The first-order valence-corrected chi connectivity index (χ1v) is 7.76. The third-order valence-electron chi connectivity index (χ3n) is 2.92. The Morgan fingerprint density at radius 1 is 1.36 bits per heavy atom. The molecule has 1 amide bonds. The molecule has 0 aromatic heterocycles. The van der Waals surface area contributed by atoms with Gasteiger partial charge < -0.3 is 10.1 Å². The van der Waals surface area contributed by atoms with E-state index in [9.17, 15) is 9.18 Å². The van der Waals surface area contributed by atoms with E-state index in [4.69, 9.17) is 16.3 Å². The van der Waals surface area contributed by atoms with E-state index in [1.54, 1.807) is 19.1 Å². The van der Waals surface area contributed by atoms with Crippen LogP contribution in [0, 0.1) is 5.82 Å². The van der Waals surface area contributed by atoms with Gasteiger partial charge in [-0.1, -0.05) is 23.7 Å². The lowest BCUT2D eigenvalue weighted by molar-refractivity contribution is -0.127. The molecule has 0 fully saturated rings. The van der Waals surface area contributed by atoms with Crippen LogP contribution in [0.4, 0.5) is 4.39 Å². The van der Waals surface area contributed by atoms with Gasteiger partial charge in [0.1, 0.15) is 11.6 Å². The molecular formula is C16H14BrClFNO2. The number of carbonyl (C=O) groups excluding carboxylic acids is 1. The molecule has 1 N–H and O–H groups in total. The van der Waals surface area contributed by atoms with Crippen LogP contribution in [-0.2, 0) is 11.3 Å². The molecule has 0 radical (unpaired) electrons. The van der Waals surface area contributed by atoms with E-state index in [0.717, 1.165) is 5.56 Å². The van der Waals surface area contributed by atoms with E-state index in [0.29, 0.717) is 21.8 Å². The highest BCUT2D eigenvalue weighted by Crippen LogP contribution is 2.26. The van der Waals surface area contributed by atoms with Gasteiger partial charge in [0.15, 0.2) is 6.10 Å². The minimum Gasteiger partial charge on any atom is -0.480 e. The van der Waals surface area contributed by atoms with Gasteiger partial charge in [-0.3, -0.25) is 4.79 Å². The van der Waals surface area contributed by atoms with E-state index < -0.39 is 6.10 Å². The monoisotopic (exact) mass is 385 g/mol. The van der Waals surface area contributed by atoms with E-state index >= 15 is 0 Å². The van der Waals surface area contributed by atoms with Crippen molar-refractivity contribution < 1.29 is 13.9 Å². The predicted octanol–water partition coefficient (Wildman–Crippen LogP) is 4.33. The predicted molar refractivity (Wildman–Crippen MR) is 87.5 cm³/mol. The lowest BCUT2D eigenvalue weighted by Gasteiger charge is -2.16. The Labute approximate surface area is 141 Å². The number of hydrogen-bond donors (Lipinski definition) is 1. The third-order valence-corrected chi connectivity index (χ3v) is 3.78. The topological polar surface area (TPSA) is 38.3 Å². The molecule has 3 nitrogen and oxygen atoms in total. The van der Waals surface area contributed by atoms with Gasteiger partial charge in [-0.15, -0.1) is 0 Å². The summed E-state index contributed by atoms with van der Waals surface area (Å²) < 4.78 is 19.0. The molecule has 2 aromatic carbocycles. The molecule has 0 aliphatic carbocycles. The molecule has 0 heterocycles. The molecule has 0 saturated carbocycles. The highest BCUT2D eigenvalue weighted by atomic mass is 79.9. The van der Waals surface area contributed by atoms with Gasteiger partial charge in [-0.25, -0.2) is 4.39 Å². The fourth-order valence-electron chi connectivity index (χ4n) is 1.79. The molecule has 2 rings (SSSR count). The van der Waals surface area contributed by atoms with Gasteiger partial charge in [-0.2, -0.15) is 0 Å². The Kier molecular flexibility index (Phi) is 5.80. The van der Waals surface area contributed by atoms with Gasteiger partial charge in [0.25, 0.3) is 5.91 Å². The summed E-state index contributed by atoms with van der Waals surface area (Å²) in [5.74, 6) is -0.236. The Balaban J connectivity index is 1.92. The second-order valence-electron chi connectivity index (χ2n) is 4.68. The molecule has 1 unspecified atom stereocenters. The second kappa shape index (κ2) is 7.61. The molecule has 0 aliphatic heterocycles. The lowest BCUT2D eigenvalue weighted by Crippen LogP contribution is -2.35. The van der Waals surface area contributed by atoms with Gasteiger partial charge >= 0.3 is 0 Å². The lowest BCUT2D eigenvalue weighted by atomic mass is 10.2. The van der Waals surface area contributed by atoms with Crippen LogP contribution >= 0.6 is 27.5 Å². The molecule has 1 atom stereocenters. The van der Waals surface area contributed by atoms with Crippen LogP contribution in [0.5, 0.6) is 5.75 Å². The maximum absolute atomic E-state index is 13.0. The highest BCUT2D eigenvalue weighted by molar-refractivity contribution is 9.10. The molecule has 22 heavy (non-hydrogen) atoms. The van der Waals surface area contributed by atoms with Crippen molar-refractivity contribution in [2.45, 2.75) is 19.6 Å². The average Bonchev–Trinajstić information content (AvgIpc) is 2.47. The number of carbonyl (C=O) groups is 1. The van der Waals surface area contributed by atoms with Crippen molar-refractivity contribution in [2.75, 3.05) is 0 Å². The molecule has 2 aromatic rings. The fraction of sp³-hybridized carbons (Fsp3) is 0.188. The summed E-state index contributed by atoms with van der Waals surface area (Å²) in [6, 6.07) is 11.3. The minimum atomic E-state index is -0.707. The second-order valence-corrected chi connectivity index (χ2v) is 5.97. The van der Waals surface area contributed by atoms with Gasteiger partial charge in [0, 0.05) is 11.6 Å². The Hall–Kier alpha value is -1.59. The molecule has 0 saturated heterocycles. The normalized spacial score (nSPS) is 11.8. The summed E-state index contributed by atoms with van der Waals surface area (Å²) in [7, 11) is 0. The number of halogens is 3. The average molecular weight is 387 g/mol. The number of ether oxygens (including phenoxy) is 1. The highest BCUT2D eigenvalue weighted by Gasteiger charge is 2.16. The van der Waals surface area contributed by atoms with E-state index in [1.807, 2.05) is 12.1 Å². The Morgan fingerprint density at radius 3 is 2.82 bits per heavy atom. The number of nitrogens with one attached hydrogen (secondary N) is 1. The van der Waals surface area contributed by atoms with Crippen LogP contribution in [0.1, 0.15) is 12.5 Å². The SMILES string of the molecule is CC(Oc1ccc(F)cc1Br)C(=O)NCc1cccc(Cl)c1. The van der Waals surface area contributed by atoms with Crippen LogP contribution < -0.4 is 10.1 Å². The van der Waals surface area contributed by atoms with Gasteiger partial charge in [0.05, 0.1) is 4.47 Å². The van der Waals surface area contributed by atoms with Crippen molar-refractivity contribution in [3.63, 3.8) is 0 Å². The number of rotatable bonds is 5. The molecule has 116 valence electrons. The smallest absolute Gasteiger partial charge is 0.261 e. The number of benzene rings is 2. The zero-order valence-electron chi connectivity index (χ0n) is 11.8. The standard InChI is InChI=1S/C16H14BrClFNO2/c1-10(22-15-6-5-13(19)8-14(15)17)16(21)20-9-11-3-2-4-12(18)7-11/h2-8,10H,9H2,1H3,(H,20,21). The van der Waals surface area contributed by atoms with Crippen LogP contribution in [0.15, 0.2) is 46.9 Å². The minimum absolute atomic E-state index is 0.267. The molecule has 0 bridgehead atoms. The summed E-state index contributed by atoms with van der Waals surface area (Å²) in [5, 5.41) is 3.38. The van der Waals surface area contributed by atoms with E-state index in [1.165, 1.54) is 18.2 Å². The maximum atomic E-state index is 13.0. The fourth-order valence-corrected chi connectivity index (χ4v) is 2.45. The molecule has 6 heteroatoms. The van der Waals surface area contributed by atoms with Crippen molar-refractivity contribution in [1.82, 2.24) is 5.32 Å². The third kappa shape index (κ3) is 4.71. The quantitative estimate of drug-likeness (QED) is 0.831. The van der Waals surface area contributed by atoms with E-state index in [-0.39, 0.29) is 11.7 Å². The number of amides is 1. The largest absolute Gasteiger partial charge is 0.480 e. The van der Waals surface area contributed by atoms with Crippen LogP contribution in [0.25, 0.3) is 0 Å². The van der Waals surface area contributed by atoms with Crippen LogP contribution in [0.2, 0.25) is 5.02 Å². The number of hydrogen-bond acceptors (Lipinski definition) is 2. The molecule has 0 aliphatic rings. The van der Waals surface area contributed by atoms with Crippen molar-refractivity contribution in [1.29, 1.82) is 0 Å². The van der Waals surface area contributed by atoms with Crippen LogP contribution in [0.3, 0.4) is 0 Å². The maximum Gasteiger partial charge on any atom is 0.261 e. The first kappa shape index (κ1) is 16.8. The Bertz CT molecular complexity index is 681. The van der Waals surface area contributed by atoms with E-state index in [2.05, 4.69) is 21.2 Å². The first-order chi connectivity index (χ1) is 10.5. The molecule has 0 spiro atoms. The zero-order chi connectivity index (χ0) is 16.1. The van der Waals surface area contributed by atoms with Crippen LogP contribution in [-0.4, -0.2) is 12.0 Å². The summed E-state index contributed by atoms with van der Waals surface area (Å²) >= 11 is 9.08. The first-order valence-electron chi connectivity index (χ1n) is 6.59.